The van der Waals surface area contributed by atoms with Crippen LogP contribution in [0.4, 0.5) is 4.79 Å². The van der Waals surface area contributed by atoms with E-state index >= 15 is 0 Å². The van der Waals surface area contributed by atoms with E-state index < -0.39 is 23.8 Å². The first-order valence-electron chi connectivity index (χ1n) is 9.97. The van der Waals surface area contributed by atoms with Gasteiger partial charge < -0.3 is 20.0 Å². The summed E-state index contributed by atoms with van der Waals surface area (Å²) in [5, 5.41) is 13.7. The third-order valence-electron chi connectivity index (χ3n) is 4.54. The molecule has 1 amide bonds. The first kappa shape index (κ1) is 22.6. The minimum atomic E-state index is -0.887. The van der Waals surface area contributed by atoms with Crippen molar-refractivity contribution in [3.05, 3.63) is 71.8 Å². The number of rotatable bonds is 9. The van der Waals surface area contributed by atoms with Gasteiger partial charge in [0.15, 0.2) is 0 Å². The second-order valence-electron chi connectivity index (χ2n) is 8.33. The molecule has 3 atom stereocenters. The summed E-state index contributed by atoms with van der Waals surface area (Å²) in [5.74, 6) is -0.342. The molecule has 2 rings (SSSR count). The Labute approximate surface area is 173 Å². The van der Waals surface area contributed by atoms with Gasteiger partial charge in [0.1, 0.15) is 11.9 Å². The molecule has 0 aliphatic carbocycles. The molecule has 0 radical (unpaired) electrons. The Morgan fingerprint density at radius 1 is 1.00 bits per heavy atom. The summed E-state index contributed by atoms with van der Waals surface area (Å²) in [6.45, 7) is 5.37. The number of alkyl carbamates (subject to hydrolysis) is 1. The van der Waals surface area contributed by atoms with Crippen LogP contribution in [0.15, 0.2) is 60.7 Å². The maximum Gasteiger partial charge on any atom is 0.407 e. The number of carbonyl (C=O) groups is 2. The van der Waals surface area contributed by atoms with Crippen molar-refractivity contribution in [3.63, 3.8) is 0 Å². The van der Waals surface area contributed by atoms with E-state index in [1.165, 1.54) is 0 Å². The number of ether oxygens (including phenoxy) is 1. The summed E-state index contributed by atoms with van der Waals surface area (Å²) in [6.07, 6.45) is 0.656. The van der Waals surface area contributed by atoms with Gasteiger partial charge in [-0.2, -0.15) is 0 Å². The van der Waals surface area contributed by atoms with Crippen LogP contribution in [-0.4, -0.2) is 35.2 Å². The van der Waals surface area contributed by atoms with Gasteiger partial charge in [0, 0.05) is 5.92 Å². The Balaban J connectivity index is 2.08. The molecule has 5 heteroatoms. The van der Waals surface area contributed by atoms with E-state index in [2.05, 4.69) is 5.32 Å². The Bertz CT molecular complexity index is 755. The van der Waals surface area contributed by atoms with Crippen molar-refractivity contribution in [1.82, 2.24) is 5.32 Å². The summed E-state index contributed by atoms with van der Waals surface area (Å²) in [7, 11) is 0. The summed E-state index contributed by atoms with van der Waals surface area (Å²) in [4.78, 5) is 23.9. The molecule has 0 saturated carbocycles. The highest BCUT2D eigenvalue weighted by Crippen LogP contribution is 2.17. The third-order valence-corrected chi connectivity index (χ3v) is 4.54. The van der Waals surface area contributed by atoms with Gasteiger partial charge >= 0.3 is 6.09 Å². The molecule has 0 heterocycles. The van der Waals surface area contributed by atoms with Crippen LogP contribution in [0.3, 0.4) is 0 Å². The molecule has 5 nitrogen and oxygen atoms in total. The van der Waals surface area contributed by atoms with Gasteiger partial charge in [-0.05, 0) is 51.2 Å². The van der Waals surface area contributed by atoms with Crippen LogP contribution in [0, 0.1) is 5.92 Å². The Morgan fingerprint density at radius 3 is 2.00 bits per heavy atom. The fraction of sp³-hybridized carbons (Fsp3) is 0.417. The highest BCUT2D eigenvalue weighted by atomic mass is 16.6. The standard InChI is InChI=1S/C24H31NO4/c1-24(2,3)29-23(28)25-21(15-19-12-8-5-9-13-19)22(27)16-20(17-26)14-18-10-6-4-7-11-18/h4-13,17,20-22,27H,14-16H2,1-3H3,(H,25,28). The van der Waals surface area contributed by atoms with Crippen LogP contribution in [-0.2, 0) is 22.4 Å². The molecule has 156 valence electrons. The van der Waals surface area contributed by atoms with Gasteiger partial charge in [-0.3, -0.25) is 0 Å². The fourth-order valence-electron chi connectivity index (χ4n) is 3.19. The molecule has 0 aliphatic rings. The minimum absolute atomic E-state index is 0.256. The average molecular weight is 398 g/mol. The lowest BCUT2D eigenvalue weighted by Gasteiger charge is -2.28. The van der Waals surface area contributed by atoms with E-state index in [0.717, 1.165) is 17.4 Å². The van der Waals surface area contributed by atoms with Crippen LogP contribution in [0.5, 0.6) is 0 Å². The summed E-state index contributed by atoms with van der Waals surface area (Å²) in [5.41, 5.74) is 1.39. The van der Waals surface area contributed by atoms with Crippen LogP contribution >= 0.6 is 0 Å². The molecule has 2 aromatic carbocycles. The number of aliphatic hydroxyl groups is 1. The van der Waals surface area contributed by atoms with E-state index in [4.69, 9.17) is 4.74 Å². The topological polar surface area (TPSA) is 75.6 Å². The van der Waals surface area contributed by atoms with Crippen molar-refractivity contribution in [2.45, 2.75) is 57.8 Å². The Hall–Kier alpha value is -2.66. The second-order valence-corrected chi connectivity index (χ2v) is 8.33. The molecule has 2 aromatic rings. The van der Waals surface area contributed by atoms with Gasteiger partial charge in [0.05, 0.1) is 12.1 Å². The van der Waals surface area contributed by atoms with Gasteiger partial charge in [0.25, 0.3) is 0 Å². The molecule has 0 aromatic heterocycles. The van der Waals surface area contributed by atoms with Gasteiger partial charge in [0.2, 0.25) is 0 Å². The lowest BCUT2D eigenvalue weighted by atomic mass is 9.90. The number of carbonyl (C=O) groups excluding carboxylic acids is 2. The zero-order valence-electron chi connectivity index (χ0n) is 17.4. The van der Waals surface area contributed by atoms with Gasteiger partial charge in [-0.25, -0.2) is 4.79 Å². The van der Waals surface area contributed by atoms with Crippen molar-refractivity contribution < 1.29 is 19.4 Å². The number of nitrogens with one attached hydrogen (secondary N) is 1. The van der Waals surface area contributed by atoms with Crippen molar-refractivity contribution in [3.8, 4) is 0 Å². The van der Waals surface area contributed by atoms with E-state index in [1.54, 1.807) is 20.8 Å². The zero-order valence-corrected chi connectivity index (χ0v) is 17.4. The number of hydrogen-bond acceptors (Lipinski definition) is 4. The number of benzene rings is 2. The predicted octanol–water partition coefficient (Wildman–Crippen LogP) is 3.93. The zero-order chi connectivity index (χ0) is 21.3. The van der Waals surface area contributed by atoms with Gasteiger partial charge in [-0.1, -0.05) is 60.7 Å². The molecule has 2 N–H and O–H groups in total. The first-order chi connectivity index (χ1) is 13.8. The molecule has 0 fully saturated rings. The summed E-state index contributed by atoms with van der Waals surface area (Å²) >= 11 is 0. The van der Waals surface area contributed by atoms with Crippen LogP contribution in [0.25, 0.3) is 0 Å². The summed E-state index contributed by atoms with van der Waals surface area (Å²) in [6, 6.07) is 18.8. The fourth-order valence-corrected chi connectivity index (χ4v) is 3.19. The number of aliphatic hydroxyl groups excluding tert-OH is 1. The molecule has 0 aliphatic heterocycles. The monoisotopic (exact) mass is 397 g/mol. The quantitative estimate of drug-likeness (QED) is 0.629. The first-order valence-corrected chi connectivity index (χ1v) is 9.97. The normalized spacial score (nSPS) is 14.5. The van der Waals surface area contributed by atoms with Crippen molar-refractivity contribution in [2.24, 2.45) is 5.92 Å². The Kier molecular flexibility index (Phi) is 8.40. The third kappa shape index (κ3) is 8.48. The van der Waals surface area contributed by atoms with E-state index in [9.17, 15) is 14.7 Å². The van der Waals surface area contributed by atoms with E-state index in [0.29, 0.717) is 12.8 Å². The average Bonchev–Trinajstić information content (AvgIpc) is 2.67. The largest absolute Gasteiger partial charge is 0.444 e. The molecule has 0 saturated heterocycles. The van der Waals surface area contributed by atoms with Crippen LogP contribution < -0.4 is 5.32 Å². The maximum absolute atomic E-state index is 12.3. The lowest BCUT2D eigenvalue weighted by molar-refractivity contribution is -0.112. The molecular weight excluding hydrogens is 366 g/mol. The molecule has 0 bridgehead atoms. The van der Waals surface area contributed by atoms with Crippen molar-refractivity contribution in [1.29, 1.82) is 0 Å². The SMILES string of the molecule is CC(C)(C)OC(=O)NC(Cc1ccccc1)C(O)CC(C=O)Cc1ccccc1. The van der Waals surface area contributed by atoms with E-state index in [1.807, 2.05) is 60.7 Å². The van der Waals surface area contributed by atoms with E-state index in [-0.39, 0.29) is 12.3 Å². The smallest absolute Gasteiger partial charge is 0.407 e. The molecule has 29 heavy (non-hydrogen) atoms. The summed E-state index contributed by atoms with van der Waals surface area (Å²) < 4.78 is 5.35. The number of aldehydes is 1. The van der Waals surface area contributed by atoms with Gasteiger partial charge in [-0.15, -0.1) is 0 Å². The highest BCUT2D eigenvalue weighted by Gasteiger charge is 2.27. The molecular formula is C24H31NO4. The van der Waals surface area contributed by atoms with Crippen molar-refractivity contribution >= 4 is 12.4 Å². The molecule has 3 unspecified atom stereocenters. The lowest BCUT2D eigenvalue weighted by Crippen LogP contribution is -2.47. The number of amides is 1. The van der Waals surface area contributed by atoms with Crippen LogP contribution in [0.2, 0.25) is 0 Å². The number of hydrogen-bond donors (Lipinski definition) is 2. The van der Waals surface area contributed by atoms with Crippen LogP contribution in [0.1, 0.15) is 38.3 Å². The second kappa shape index (κ2) is 10.8. The Morgan fingerprint density at radius 2 is 1.52 bits per heavy atom. The highest BCUT2D eigenvalue weighted by molar-refractivity contribution is 5.68. The molecule has 0 spiro atoms. The maximum atomic E-state index is 12.3. The predicted molar refractivity (Wildman–Crippen MR) is 114 cm³/mol. The minimum Gasteiger partial charge on any atom is -0.444 e. The van der Waals surface area contributed by atoms with Crippen molar-refractivity contribution in [2.75, 3.05) is 0 Å².